The predicted molar refractivity (Wildman–Crippen MR) is 101 cm³/mol. The Kier molecular flexibility index (Phi) is 5.71. The summed E-state index contributed by atoms with van der Waals surface area (Å²) >= 11 is 0. The standard InChI is InChI=1S/C20H19F3N2O3/c21-20(22,23)17-4-2-1-3-15(17)18-11-13-5-6-14(12-16(13)19(28)24-18)25(7-9-26)8-10-27/h1-6,11-12,26-27H,7-10H2,(H,24,28). The number of aromatic amines is 1. The van der Waals surface area contributed by atoms with E-state index in [2.05, 4.69) is 4.98 Å². The number of benzene rings is 2. The van der Waals surface area contributed by atoms with Crippen LogP contribution in [0.2, 0.25) is 0 Å². The highest BCUT2D eigenvalue weighted by Crippen LogP contribution is 2.36. The molecule has 2 aromatic carbocycles. The van der Waals surface area contributed by atoms with Gasteiger partial charge in [0.05, 0.1) is 18.8 Å². The number of halogens is 3. The number of hydrogen-bond acceptors (Lipinski definition) is 4. The number of anilines is 1. The first kappa shape index (κ1) is 19.9. The molecule has 0 aliphatic carbocycles. The number of pyridine rings is 1. The summed E-state index contributed by atoms with van der Waals surface area (Å²) in [6, 6.07) is 11.5. The van der Waals surface area contributed by atoms with Crippen LogP contribution in [0.3, 0.4) is 0 Å². The molecule has 8 heteroatoms. The zero-order valence-electron chi connectivity index (χ0n) is 14.8. The van der Waals surface area contributed by atoms with Gasteiger partial charge in [0, 0.05) is 35.4 Å². The number of aliphatic hydroxyl groups is 2. The Morgan fingerprint density at radius 2 is 1.64 bits per heavy atom. The van der Waals surface area contributed by atoms with Crippen LogP contribution >= 0.6 is 0 Å². The fraction of sp³-hybridized carbons (Fsp3) is 0.250. The van der Waals surface area contributed by atoms with E-state index < -0.39 is 17.3 Å². The maximum atomic E-state index is 13.3. The Morgan fingerprint density at radius 1 is 0.964 bits per heavy atom. The van der Waals surface area contributed by atoms with Gasteiger partial charge in [-0.3, -0.25) is 4.79 Å². The van der Waals surface area contributed by atoms with E-state index in [9.17, 15) is 18.0 Å². The fourth-order valence-electron chi connectivity index (χ4n) is 3.17. The van der Waals surface area contributed by atoms with Crippen LogP contribution in [0.4, 0.5) is 18.9 Å². The molecule has 3 N–H and O–H groups in total. The lowest BCUT2D eigenvalue weighted by Gasteiger charge is -2.23. The molecule has 28 heavy (non-hydrogen) atoms. The minimum atomic E-state index is -4.54. The van der Waals surface area contributed by atoms with E-state index >= 15 is 0 Å². The quantitative estimate of drug-likeness (QED) is 0.603. The molecule has 1 aromatic heterocycles. The second-order valence-electron chi connectivity index (χ2n) is 6.26. The zero-order chi connectivity index (χ0) is 20.3. The Bertz CT molecular complexity index is 1030. The smallest absolute Gasteiger partial charge is 0.395 e. The molecule has 0 radical (unpaired) electrons. The van der Waals surface area contributed by atoms with Gasteiger partial charge >= 0.3 is 6.18 Å². The largest absolute Gasteiger partial charge is 0.417 e. The van der Waals surface area contributed by atoms with Crippen molar-refractivity contribution >= 4 is 16.5 Å². The number of nitrogens with zero attached hydrogens (tertiary/aromatic N) is 1. The van der Waals surface area contributed by atoms with E-state index in [1.165, 1.54) is 24.3 Å². The minimum Gasteiger partial charge on any atom is -0.395 e. The van der Waals surface area contributed by atoms with Crippen LogP contribution < -0.4 is 10.5 Å². The van der Waals surface area contributed by atoms with E-state index in [0.29, 0.717) is 16.5 Å². The van der Waals surface area contributed by atoms with Crippen LogP contribution in [-0.2, 0) is 6.18 Å². The van der Waals surface area contributed by atoms with Gasteiger partial charge in [-0.2, -0.15) is 13.2 Å². The van der Waals surface area contributed by atoms with Gasteiger partial charge < -0.3 is 20.1 Å². The van der Waals surface area contributed by atoms with Crippen molar-refractivity contribution in [1.82, 2.24) is 4.98 Å². The van der Waals surface area contributed by atoms with Crippen LogP contribution in [0.5, 0.6) is 0 Å². The molecule has 0 unspecified atom stereocenters. The molecule has 1 heterocycles. The zero-order valence-corrected chi connectivity index (χ0v) is 14.8. The maximum Gasteiger partial charge on any atom is 0.417 e. The topological polar surface area (TPSA) is 76.6 Å². The number of nitrogens with one attached hydrogen (secondary N) is 1. The molecule has 148 valence electrons. The van der Waals surface area contributed by atoms with Gasteiger partial charge in [0.25, 0.3) is 5.56 Å². The van der Waals surface area contributed by atoms with E-state index in [-0.39, 0.29) is 37.6 Å². The molecule has 0 saturated carbocycles. The summed E-state index contributed by atoms with van der Waals surface area (Å²) in [4.78, 5) is 16.8. The van der Waals surface area contributed by atoms with Gasteiger partial charge in [0.1, 0.15) is 0 Å². The third-order valence-corrected chi connectivity index (χ3v) is 4.46. The lowest BCUT2D eigenvalue weighted by Crippen LogP contribution is -2.29. The summed E-state index contributed by atoms with van der Waals surface area (Å²) in [6.07, 6.45) is -4.54. The van der Waals surface area contributed by atoms with Gasteiger partial charge in [0.15, 0.2) is 0 Å². The van der Waals surface area contributed by atoms with E-state index in [0.717, 1.165) is 6.07 Å². The summed E-state index contributed by atoms with van der Waals surface area (Å²) in [5, 5.41) is 19.1. The number of aliphatic hydroxyl groups excluding tert-OH is 2. The molecule has 0 aliphatic heterocycles. The van der Waals surface area contributed by atoms with Gasteiger partial charge in [-0.25, -0.2) is 0 Å². The van der Waals surface area contributed by atoms with Crippen LogP contribution in [-0.4, -0.2) is 41.5 Å². The molecule has 0 spiro atoms. The molecular formula is C20H19F3N2O3. The molecule has 0 aliphatic rings. The third kappa shape index (κ3) is 4.02. The first-order valence-electron chi connectivity index (χ1n) is 8.65. The third-order valence-electron chi connectivity index (χ3n) is 4.46. The number of rotatable bonds is 6. The van der Waals surface area contributed by atoms with E-state index in [1.807, 2.05) is 0 Å². The van der Waals surface area contributed by atoms with Crippen molar-refractivity contribution in [3.8, 4) is 11.3 Å². The SMILES string of the molecule is O=c1[nH]c(-c2ccccc2C(F)(F)F)cc2ccc(N(CCO)CCO)cc12. The van der Waals surface area contributed by atoms with Gasteiger partial charge in [-0.15, -0.1) is 0 Å². The van der Waals surface area contributed by atoms with Crippen LogP contribution in [0, 0.1) is 0 Å². The van der Waals surface area contributed by atoms with Crippen LogP contribution in [0.1, 0.15) is 5.56 Å². The first-order valence-corrected chi connectivity index (χ1v) is 8.65. The molecule has 0 bridgehead atoms. The molecule has 0 atom stereocenters. The summed E-state index contributed by atoms with van der Waals surface area (Å²) < 4.78 is 39.9. The van der Waals surface area contributed by atoms with Crippen molar-refractivity contribution in [3.63, 3.8) is 0 Å². The van der Waals surface area contributed by atoms with Gasteiger partial charge in [0.2, 0.25) is 0 Å². The number of H-pyrrole nitrogens is 1. The summed E-state index contributed by atoms with van der Waals surface area (Å²) in [6.45, 7) is 0.311. The van der Waals surface area contributed by atoms with Crippen molar-refractivity contribution in [2.45, 2.75) is 6.18 Å². The minimum absolute atomic E-state index is 0.0840. The van der Waals surface area contributed by atoms with E-state index in [4.69, 9.17) is 10.2 Å². The van der Waals surface area contributed by atoms with Gasteiger partial charge in [-0.1, -0.05) is 24.3 Å². The van der Waals surface area contributed by atoms with E-state index in [1.54, 1.807) is 23.1 Å². The molecule has 3 aromatic rings. The van der Waals surface area contributed by atoms with Crippen molar-refractivity contribution in [2.24, 2.45) is 0 Å². The first-order chi connectivity index (χ1) is 13.3. The molecular weight excluding hydrogens is 373 g/mol. The average Bonchev–Trinajstić information content (AvgIpc) is 2.67. The molecule has 0 fully saturated rings. The predicted octanol–water partition coefficient (Wildman–Crippen LogP) is 3.00. The maximum absolute atomic E-state index is 13.3. The lowest BCUT2D eigenvalue weighted by molar-refractivity contribution is -0.137. The highest BCUT2D eigenvalue weighted by molar-refractivity contribution is 5.88. The summed E-state index contributed by atoms with van der Waals surface area (Å²) in [5.41, 5.74) is -0.719. The Morgan fingerprint density at radius 3 is 2.29 bits per heavy atom. The lowest BCUT2D eigenvalue weighted by atomic mass is 10.0. The molecule has 5 nitrogen and oxygen atoms in total. The molecule has 3 rings (SSSR count). The number of hydrogen-bond donors (Lipinski definition) is 3. The van der Waals surface area contributed by atoms with Gasteiger partial charge in [-0.05, 0) is 29.7 Å². The summed E-state index contributed by atoms with van der Waals surface area (Å²) in [5.74, 6) is 0. The van der Waals surface area contributed by atoms with Crippen molar-refractivity contribution < 1.29 is 23.4 Å². The van der Waals surface area contributed by atoms with Crippen molar-refractivity contribution in [1.29, 1.82) is 0 Å². The number of fused-ring (bicyclic) bond motifs is 1. The van der Waals surface area contributed by atoms with Crippen molar-refractivity contribution in [3.05, 3.63) is 64.4 Å². The average molecular weight is 392 g/mol. The second kappa shape index (κ2) is 8.04. The second-order valence-corrected chi connectivity index (χ2v) is 6.26. The Balaban J connectivity index is 2.11. The van der Waals surface area contributed by atoms with Crippen LogP contribution in [0.15, 0.2) is 53.3 Å². The summed E-state index contributed by atoms with van der Waals surface area (Å²) in [7, 11) is 0. The number of alkyl halides is 3. The monoisotopic (exact) mass is 392 g/mol. The number of aromatic nitrogens is 1. The molecule has 0 saturated heterocycles. The Labute approximate surface area is 158 Å². The molecule has 0 amide bonds. The Hall–Kier alpha value is -2.84. The highest BCUT2D eigenvalue weighted by Gasteiger charge is 2.33. The normalized spacial score (nSPS) is 11.8. The fourth-order valence-corrected chi connectivity index (χ4v) is 3.17. The van der Waals surface area contributed by atoms with Crippen molar-refractivity contribution in [2.75, 3.05) is 31.2 Å². The van der Waals surface area contributed by atoms with Crippen LogP contribution in [0.25, 0.3) is 22.0 Å². The highest BCUT2D eigenvalue weighted by atomic mass is 19.4.